The van der Waals surface area contributed by atoms with Crippen LogP contribution in [0, 0.1) is 11.8 Å². The van der Waals surface area contributed by atoms with Crippen LogP contribution in [0.15, 0.2) is 58.6 Å². The first kappa shape index (κ1) is 16.6. The summed E-state index contributed by atoms with van der Waals surface area (Å²) in [6.07, 6.45) is 4.04. The summed E-state index contributed by atoms with van der Waals surface area (Å²) in [6, 6.07) is 13.8. The van der Waals surface area contributed by atoms with E-state index in [1.54, 1.807) is 18.0 Å². The lowest BCUT2D eigenvalue weighted by Crippen LogP contribution is -2.32. The zero-order valence-electron chi connectivity index (χ0n) is 14.2. The number of nitrogens with zero attached hydrogens (tertiary/aromatic N) is 2. The molecule has 2 saturated heterocycles. The fraction of sp³-hybridized carbons (Fsp3) is 0.400. The number of hydrogen-bond acceptors (Lipinski definition) is 4. The van der Waals surface area contributed by atoms with Crippen molar-refractivity contribution in [1.82, 2.24) is 15.2 Å². The van der Waals surface area contributed by atoms with Gasteiger partial charge in [-0.2, -0.15) is 0 Å². The molecule has 1 amide bonds. The van der Waals surface area contributed by atoms with Crippen molar-refractivity contribution in [3.05, 3.63) is 54.2 Å². The van der Waals surface area contributed by atoms with Crippen LogP contribution in [-0.2, 0) is 0 Å². The molecule has 1 aromatic carbocycles. The van der Waals surface area contributed by atoms with Crippen molar-refractivity contribution in [2.75, 3.05) is 26.2 Å². The Morgan fingerprint density at radius 1 is 1.04 bits per heavy atom. The number of pyridine rings is 1. The first-order valence-corrected chi connectivity index (χ1v) is 9.80. The van der Waals surface area contributed by atoms with Crippen LogP contribution in [0.1, 0.15) is 23.2 Å². The Bertz CT molecular complexity index is 705. The quantitative estimate of drug-likeness (QED) is 0.920. The second kappa shape index (κ2) is 7.58. The molecule has 2 atom stereocenters. The van der Waals surface area contributed by atoms with Crippen molar-refractivity contribution in [1.29, 1.82) is 0 Å². The van der Waals surface area contributed by atoms with Gasteiger partial charge >= 0.3 is 0 Å². The van der Waals surface area contributed by atoms with Gasteiger partial charge in [0.15, 0.2) is 0 Å². The largest absolute Gasteiger partial charge is 0.339 e. The minimum Gasteiger partial charge on any atom is -0.339 e. The van der Waals surface area contributed by atoms with Crippen molar-refractivity contribution >= 4 is 17.7 Å². The summed E-state index contributed by atoms with van der Waals surface area (Å²) >= 11 is 1.62. The summed E-state index contributed by atoms with van der Waals surface area (Å²) in [6.45, 7) is 4.00. The Hall–Kier alpha value is -1.85. The van der Waals surface area contributed by atoms with Gasteiger partial charge in [0, 0.05) is 29.7 Å². The highest BCUT2D eigenvalue weighted by atomic mass is 32.2. The third-order valence-corrected chi connectivity index (χ3v) is 6.23. The van der Waals surface area contributed by atoms with Gasteiger partial charge in [0.1, 0.15) is 5.03 Å². The van der Waals surface area contributed by atoms with E-state index in [0.717, 1.165) is 66.3 Å². The number of fused-ring (bicyclic) bond motifs is 1. The van der Waals surface area contributed by atoms with Crippen molar-refractivity contribution in [2.24, 2.45) is 11.8 Å². The molecule has 0 spiro atoms. The molecule has 0 aliphatic carbocycles. The summed E-state index contributed by atoms with van der Waals surface area (Å²) in [4.78, 5) is 20.3. The lowest BCUT2D eigenvalue weighted by atomic mass is 9.92. The van der Waals surface area contributed by atoms with Gasteiger partial charge in [-0.25, -0.2) is 4.98 Å². The molecule has 4 rings (SSSR count). The average Bonchev–Trinajstić information content (AvgIpc) is 3.01. The van der Waals surface area contributed by atoms with E-state index >= 15 is 0 Å². The van der Waals surface area contributed by atoms with Gasteiger partial charge in [-0.3, -0.25) is 4.79 Å². The molecule has 3 heterocycles. The van der Waals surface area contributed by atoms with Gasteiger partial charge < -0.3 is 10.2 Å². The van der Waals surface area contributed by atoms with E-state index in [1.165, 1.54) is 0 Å². The number of carbonyl (C=O) groups excluding carboxylic acids is 1. The van der Waals surface area contributed by atoms with Crippen LogP contribution in [0.25, 0.3) is 0 Å². The molecular weight excluding hydrogens is 330 g/mol. The Morgan fingerprint density at radius 2 is 1.76 bits per heavy atom. The molecule has 0 saturated carbocycles. The number of hydrogen-bond donors (Lipinski definition) is 1. The molecule has 25 heavy (non-hydrogen) atoms. The molecule has 5 heteroatoms. The molecule has 2 aromatic rings. The summed E-state index contributed by atoms with van der Waals surface area (Å²) in [5.41, 5.74) is 0.788. The molecule has 1 aromatic heterocycles. The third kappa shape index (κ3) is 3.88. The maximum atomic E-state index is 12.8. The SMILES string of the molecule is O=C(c1ccc(Sc2ccccn2)cc1)N1CC[C@@H]2CNC[C@@H]2CC1. The van der Waals surface area contributed by atoms with Crippen LogP contribution in [0.4, 0.5) is 0 Å². The van der Waals surface area contributed by atoms with Crippen molar-refractivity contribution in [2.45, 2.75) is 22.8 Å². The highest BCUT2D eigenvalue weighted by molar-refractivity contribution is 7.99. The van der Waals surface area contributed by atoms with Gasteiger partial charge in [0.25, 0.3) is 5.91 Å². The van der Waals surface area contributed by atoms with Crippen LogP contribution in [0.5, 0.6) is 0 Å². The Balaban J connectivity index is 1.40. The van der Waals surface area contributed by atoms with E-state index < -0.39 is 0 Å². The number of benzene rings is 1. The van der Waals surface area contributed by atoms with Gasteiger partial charge in [-0.15, -0.1) is 0 Å². The Morgan fingerprint density at radius 3 is 2.40 bits per heavy atom. The van der Waals surface area contributed by atoms with Gasteiger partial charge in [0.2, 0.25) is 0 Å². The topological polar surface area (TPSA) is 45.2 Å². The molecule has 2 aliphatic rings. The fourth-order valence-corrected chi connectivity index (χ4v) is 4.57. The first-order chi connectivity index (χ1) is 12.3. The third-order valence-electron chi connectivity index (χ3n) is 5.27. The molecule has 2 aliphatic heterocycles. The molecule has 0 radical (unpaired) electrons. The second-order valence-corrected chi connectivity index (χ2v) is 7.94. The van der Waals surface area contributed by atoms with Crippen LogP contribution >= 0.6 is 11.8 Å². The van der Waals surface area contributed by atoms with Crippen molar-refractivity contribution in [3.8, 4) is 0 Å². The zero-order chi connectivity index (χ0) is 17.1. The summed E-state index contributed by atoms with van der Waals surface area (Å²) < 4.78 is 0. The smallest absolute Gasteiger partial charge is 0.253 e. The normalized spacial score (nSPS) is 23.1. The predicted octanol–water partition coefficient (Wildman–Crippen LogP) is 3.30. The first-order valence-electron chi connectivity index (χ1n) is 8.98. The Labute approximate surface area is 153 Å². The fourth-order valence-electron chi connectivity index (χ4n) is 3.80. The molecule has 0 bridgehead atoms. The number of amides is 1. The number of rotatable bonds is 3. The zero-order valence-corrected chi connectivity index (χ0v) is 15.0. The average molecular weight is 353 g/mol. The van der Waals surface area contributed by atoms with Gasteiger partial charge in [-0.1, -0.05) is 17.8 Å². The standard InChI is InChI=1S/C20H23N3OS/c24-20(23-11-8-16-13-21-14-17(16)9-12-23)15-4-6-18(7-5-15)25-19-3-1-2-10-22-19/h1-7,10,16-17,21H,8-9,11-14H2/t16-,17+. The van der Waals surface area contributed by atoms with Crippen molar-refractivity contribution < 1.29 is 4.79 Å². The lowest BCUT2D eigenvalue weighted by molar-refractivity contribution is 0.0758. The minimum absolute atomic E-state index is 0.169. The monoisotopic (exact) mass is 353 g/mol. The van der Waals surface area contributed by atoms with Crippen LogP contribution < -0.4 is 5.32 Å². The number of carbonyl (C=O) groups is 1. The molecule has 1 N–H and O–H groups in total. The minimum atomic E-state index is 0.169. The van der Waals surface area contributed by atoms with E-state index in [2.05, 4.69) is 10.3 Å². The van der Waals surface area contributed by atoms with E-state index in [1.807, 2.05) is 47.4 Å². The molecule has 4 nitrogen and oxygen atoms in total. The van der Waals surface area contributed by atoms with Gasteiger partial charge in [0.05, 0.1) is 0 Å². The molecule has 0 unspecified atom stereocenters. The maximum Gasteiger partial charge on any atom is 0.253 e. The van der Waals surface area contributed by atoms with E-state index in [-0.39, 0.29) is 5.91 Å². The van der Waals surface area contributed by atoms with E-state index in [4.69, 9.17) is 0 Å². The molecule has 130 valence electrons. The number of likely N-dealkylation sites (tertiary alicyclic amines) is 1. The molecular formula is C20H23N3OS. The Kier molecular flexibility index (Phi) is 5.04. The number of nitrogens with one attached hydrogen (secondary N) is 1. The highest BCUT2D eigenvalue weighted by Crippen LogP contribution is 2.29. The predicted molar refractivity (Wildman–Crippen MR) is 99.8 cm³/mol. The maximum absolute atomic E-state index is 12.8. The van der Waals surface area contributed by atoms with Crippen LogP contribution in [0.3, 0.4) is 0 Å². The second-order valence-electron chi connectivity index (χ2n) is 6.84. The lowest BCUT2D eigenvalue weighted by Gasteiger charge is -2.21. The van der Waals surface area contributed by atoms with Crippen LogP contribution in [-0.4, -0.2) is 42.0 Å². The van der Waals surface area contributed by atoms with E-state index in [9.17, 15) is 4.79 Å². The van der Waals surface area contributed by atoms with Gasteiger partial charge in [-0.05, 0) is 74.2 Å². The highest BCUT2D eigenvalue weighted by Gasteiger charge is 2.31. The number of aromatic nitrogens is 1. The summed E-state index contributed by atoms with van der Waals surface area (Å²) in [5.74, 6) is 1.66. The summed E-state index contributed by atoms with van der Waals surface area (Å²) in [5, 5.41) is 4.45. The summed E-state index contributed by atoms with van der Waals surface area (Å²) in [7, 11) is 0. The molecule has 2 fully saturated rings. The van der Waals surface area contributed by atoms with Crippen LogP contribution in [0.2, 0.25) is 0 Å². The van der Waals surface area contributed by atoms with E-state index in [0.29, 0.717) is 0 Å². The van der Waals surface area contributed by atoms with Crippen molar-refractivity contribution in [3.63, 3.8) is 0 Å².